The molecule has 5 nitrogen and oxygen atoms in total. The Balaban J connectivity index is 1.45. The summed E-state index contributed by atoms with van der Waals surface area (Å²) in [6, 6.07) is 0. The Hall–Kier alpha value is -0.910. The van der Waals surface area contributed by atoms with E-state index in [2.05, 4.69) is 20.2 Å². The van der Waals surface area contributed by atoms with Gasteiger partial charge in [0, 0.05) is 25.2 Å². The van der Waals surface area contributed by atoms with Crippen LogP contribution in [-0.2, 0) is 17.6 Å². The van der Waals surface area contributed by atoms with Gasteiger partial charge < -0.3 is 10.1 Å². The Morgan fingerprint density at radius 1 is 1.20 bits per heavy atom. The molecule has 0 unspecified atom stereocenters. The second-order valence-electron chi connectivity index (χ2n) is 5.35. The predicted molar refractivity (Wildman–Crippen MR) is 79.4 cm³/mol. The summed E-state index contributed by atoms with van der Waals surface area (Å²) in [7, 11) is 0. The molecule has 2 aliphatic rings. The Bertz CT molecular complexity index is 463. The normalized spacial score (nSPS) is 19.1. The highest BCUT2D eigenvalue weighted by Gasteiger charge is 2.18. The van der Waals surface area contributed by atoms with Crippen LogP contribution in [0.2, 0.25) is 5.15 Å². The molecule has 1 aliphatic carbocycles. The number of fused-ring (bicyclic) bond motifs is 1. The lowest BCUT2D eigenvalue weighted by molar-refractivity contribution is 0.0378. The highest BCUT2D eigenvalue weighted by Crippen LogP contribution is 2.26. The topological polar surface area (TPSA) is 50.3 Å². The predicted octanol–water partition coefficient (Wildman–Crippen LogP) is 1.75. The molecule has 1 aromatic rings. The van der Waals surface area contributed by atoms with Gasteiger partial charge in [-0.3, -0.25) is 4.90 Å². The van der Waals surface area contributed by atoms with Gasteiger partial charge >= 0.3 is 0 Å². The zero-order chi connectivity index (χ0) is 13.8. The highest BCUT2D eigenvalue weighted by atomic mass is 35.5. The number of aryl methyl sites for hydroxylation is 1. The van der Waals surface area contributed by atoms with Gasteiger partial charge in [-0.1, -0.05) is 11.6 Å². The van der Waals surface area contributed by atoms with Gasteiger partial charge in [0.2, 0.25) is 5.95 Å². The third-order valence-electron chi connectivity index (χ3n) is 3.92. The minimum absolute atomic E-state index is 0.628. The van der Waals surface area contributed by atoms with Gasteiger partial charge in [0.05, 0.1) is 18.9 Å². The van der Waals surface area contributed by atoms with E-state index >= 15 is 0 Å². The van der Waals surface area contributed by atoms with Gasteiger partial charge in [0.15, 0.2) is 0 Å². The van der Waals surface area contributed by atoms with E-state index in [4.69, 9.17) is 16.3 Å². The van der Waals surface area contributed by atoms with Crippen molar-refractivity contribution in [3.05, 3.63) is 16.4 Å². The summed E-state index contributed by atoms with van der Waals surface area (Å²) in [4.78, 5) is 11.3. The Morgan fingerprint density at radius 2 is 2.05 bits per heavy atom. The fourth-order valence-corrected chi connectivity index (χ4v) is 3.08. The van der Waals surface area contributed by atoms with E-state index in [9.17, 15) is 0 Å². The average molecular weight is 297 g/mol. The van der Waals surface area contributed by atoms with Crippen molar-refractivity contribution >= 4 is 17.5 Å². The maximum absolute atomic E-state index is 6.20. The summed E-state index contributed by atoms with van der Waals surface area (Å²) in [6.07, 6.45) is 4.27. The van der Waals surface area contributed by atoms with Crippen LogP contribution in [0.3, 0.4) is 0 Å². The molecule has 0 radical (unpaired) electrons. The van der Waals surface area contributed by atoms with E-state index in [1.807, 2.05) is 0 Å². The highest BCUT2D eigenvalue weighted by molar-refractivity contribution is 6.30. The lowest BCUT2D eigenvalue weighted by atomic mass is 10.3. The van der Waals surface area contributed by atoms with E-state index in [1.54, 1.807) is 0 Å². The molecular weight excluding hydrogens is 276 g/mol. The van der Waals surface area contributed by atoms with Crippen LogP contribution in [-0.4, -0.2) is 54.3 Å². The molecule has 0 spiro atoms. The van der Waals surface area contributed by atoms with Gasteiger partial charge in [-0.25, -0.2) is 9.97 Å². The van der Waals surface area contributed by atoms with Crippen molar-refractivity contribution < 1.29 is 4.74 Å². The largest absolute Gasteiger partial charge is 0.379 e. The summed E-state index contributed by atoms with van der Waals surface area (Å²) in [6.45, 7) is 5.78. The van der Waals surface area contributed by atoms with E-state index < -0.39 is 0 Å². The number of morpholine rings is 1. The SMILES string of the molecule is Clc1nc(NCCCN2CCOCC2)nc2c1CCC2. The van der Waals surface area contributed by atoms with Crippen LogP contribution in [0.4, 0.5) is 5.95 Å². The third kappa shape index (κ3) is 3.40. The molecule has 1 N–H and O–H groups in total. The number of nitrogens with one attached hydrogen (secondary N) is 1. The number of aromatic nitrogens is 2. The number of rotatable bonds is 5. The maximum Gasteiger partial charge on any atom is 0.224 e. The number of hydrogen-bond donors (Lipinski definition) is 1. The summed E-state index contributed by atoms with van der Waals surface area (Å²) in [5.74, 6) is 0.678. The third-order valence-corrected chi connectivity index (χ3v) is 4.23. The summed E-state index contributed by atoms with van der Waals surface area (Å²) < 4.78 is 5.34. The number of halogens is 1. The van der Waals surface area contributed by atoms with Crippen molar-refractivity contribution in [3.63, 3.8) is 0 Å². The van der Waals surface area contributed by atoms with Crippen LogP contribution in [0.1, 0.15) is 24.1 Å². The van der Waals surface area contributed by atoms with Gasteiger partial charge in [-0.2, -0.15) is 0 Å². The van der Waals surface area contributed by atoms with Gasteiger partial charge in [-0.05, 0) is 32.2 Å². The number of anilines is 1. The molecule has 0 bridgehead atoms. The minimum Gasteiger partial charge on any atom is -0.379 e. The molecule has 0 saturated carbocycles. The zero-order valence-electron chi connectivity index (χ0n) is 11.7. The Morgan fingerprint density at radius 3 is 2.90 bits per heavy atom. The summed E-state index contributed by atoms with van der Waals surface area (Å²) in [5, 5.41) is 3.92. The first-order valence-electron chi connectivity index (χ1n) is 7.42. The summed E-state index contributed by atoms with van der Waals surface area (Å²) in [5.41, 5.74) is 2.27. The van der Waals surface area contributed by atoms with Gasteiger partial charge in [0.1, 0.15) is 5.15 Å². The van der Waals surface area contributed by atoms with E-state index in [0.717, 1.165) is 76.3 Å². The zero-order valence-corrected chi connectivity index (χ0v) is 12.5. The van der Waals surface area contributed by atoms with Gasteiger partial charge in [0.25, 0.3) is 0 Å². The number of ether oxygens (including phenoxy) is 1. The first kappa shape index (κ1) is 14.0. The molecule has 3 rings (SSSR count). The van der Waals surface area contributed by atoms with Crippen molar-refractivity contribution in [1.29, 1.82) is 0 Å². The molecule has 110 valence electrons. The molecule has 1 fully saturated rings. The van der Waals surface area contributed by atoms with Crippen LogP contribution in [0, 0.1) is 0 Å². The van der Waals surface area contributed by atoms with E-state index in [0.29, 0.717) is 11.1 Å². The van der Waals surface area contributed by atoms with Crippen LogP contribution in [0.15, 0.2) is 0 Å². The quantitative estimate of drug-likeness (QED) is 0.663. The molecule has 1 aliphatic heterocycles. The second-order valence-corrected chi connectivity index (χ2v) is 5.71. The Kier molecular flexibility index (Phi) is 4.70. The molecule has 0 atom stereocenters. The average Bonchev–Trinajstić information content (AvgIpc) is 2.94. The molecule has 1 saturated heterocycles. The molecule has 0 aromatic carbocycles. The first-order chi connectivity index (χ1) is 9.83. The van der Waals surface area contributed by atoms with Crippen LogP contribution in [0.5, 0.6) is 0 Å². The van der Waals surface area contributed by atoms with Crippen LogP contribution >= 0.6 is 11.6 Å². The van der Waals surface area contributed by atoms with Crippen LogP contribution < -0.4 is 5.32 Å². The van der Waals surface area contributed by atoms with E-state index in [-0.39, 0.29) is 0 Å². The first-order valence-corrected chi connectivity index (χ1v) is 7.80. The van der Waals surface area contributed by atoms with Gasteiger partial charge in [-0.15, -0.1) is 0 Å². The molecule has 0 amide bonds. The van der Waals surface area contributed by atoms with Crippen molar-refractivity contribution in [3.8, 4) is 0 Å². The monoisotopic (exact) mass is 296 g/mol. The maximum atomic E-state index is 6.20. The Labute approximate surface area is 124 Å². The minimum atomic E-state index is 0.628. The van der Waals surface area contributed by atoms with Crippen molar-refractivity contribution in [2.45, 2.75) is 25.7 Å². The second kappa shape index (κ2) is 6.70. The van der Waals surface area contributed by atoms with Crippen LogP contribution in [0.25, 0.3) is 0 Å². The fourth-order valence-electron chi connectivity index (χ4n) is 2.79. The molecule has 20 heavy (non-hydrogen) atoms. The molecular formula is C14H21ClN4O. The molecule has 6 heteroatoms. The van der Waals surface area contributed by atoms with Crippen molar-refractivity contribution in [2.24, 2.45) is 0 Å². The summed E-state index contributed by atoms with van der Waals surface area (Å²) >= 11 is 6.20. The number of nitrogens with zero attached hydrogens (tertiary/aromatic N) is 3. The van der Waals surface area contributed by atoms with Crippen molar-refractivity contribution in [2.75, 3.05) is 44.7 Å². The number of hydrogen-bond acceptors (Lipinski definition) is 5. The fraction of sp³-hybridized carbons (Fsp3) is 0.714. The standard InChI is InChI=1S/C14H21ClN4O/c15-13-11-3-1-4-12(11)17-14(18-13)16-5-2-6-19-7-9-20-10-8-19/h1-10H2,(H,16,17,18). The lowest BCUT2D eigenvalue weighted by Crippen LogP contribution is -2.37. The smallest absolute Gasteiger partial charge is 0.224 e. The van der Waals surface area contributed by atoms with E-state index in [1.165, 1.54) is 0 Å². The molecule has 1 aromatic heterocycles. The lowest BCUT2D eigenvalue weighted by Gasteiger charge is -2.26. The van der Waals surface area contributed by atoms with Crippen molar-refractivity contribution in [1.82, 2.24) is 14.9 Å². The molecule has 2 heterocycles.